The molecule has 120 valence electrons. The molecule has 0 bridgehead atoms. The molecule has 0 fully saturated rings. The zero-order valence-electron chi connectivity index (χ0n) is 13.4. The summed E-state index contributed by atoms with van der Waals surface area (Å²) < 4.78 is 5.94. The Hall–Kier alpha value is -2.04. The fourth-order valence-corrected chi connectivity index (χ4v) is 2.70. The number of fused-ring (bicyclic) bond motifs is 1. The molecule has 1 amide bonds. The van der Waals surface area contributed by atoms with Gasteiger partial charge >= 0.3 is 5.97 Å². The monoisotopic (exact) mass is 305 g/mol. The van der Waals surface area contributed by atoms with E-state index in [0.29, 0.717) is 13.0 Å². The third-order valence-electron chi connectivity index (χ3n) is 3.73. The molecule has 22 heavy (non-hydrogen) atoms. The maximum Gasteiger partial charge on any atom is 0.303 e. The van der Waals surface area contributed by atoms with Crippen LogP contribution < -0.4 is 9.64 Å². The van der Waals surface area contributed by atoms with Crippen molar-refractivity contribution in [1.82, 2.24) is 0 Å². The van der Waals surface area contributed by atoms with E-state index in [2.05, 4.69) is 0 Å². The van der Waals surface area contributed by atoms with Gasteiger partial charge in [0.05, 0.1) is 12.2 Å². The number of carboxylic acids is 1. The molecule has 0 saturated heterocycles. The molecule has 1 aromatic carbocycles. The van der Waals surface area contributed by atoms with Crippen molar-refractivity contribution in [2.24, 2.45) is 0 Å². The fraction of sp³-hybridized carbons (Fsp3) is 0.529. The van der Waals surface area contributed by atoms with Crippen molar-refractivity contribution in [3.05, 3.63) is 23.8 Å². The minimum Gasteiger partial charge on any atom is -0.484 e. The molecule has 1 aromatic rings. The number of ether oxygens (including phenoxy) is 1. The van der Waals surface area contributed by atoms with Crippen LogP contribution in [0, 0.1) is 0 Å². The highest BCUT2D eigenvalue weighted by Gasteiger charge is 2.33. The van der Waals surface area contributed by atoms with Gasteiger partial charge in [-0.25, -0.2) is 0 Å². The van der Waals surface area contributed by atoms with Gasteiger partial charge in [0.25, 0.3) is 0 Å². The molecule has 5 heteroatoms. The van der Waals surface area contributed by atoms with Crippen LogP contribution in [0.25, 0.3) is 0 Å². The first-order valence-corrected chi connectivity index (χ1v) is 7.60. The van der Waals surface area contributed by atoms with Crippen LogP contribution in [-0.4, -0.2) is 29.1 Å². The quantitative estimate of drug-likeness (QED) is 0.849. The lowest BCUT2D eigenvalue weighted by Gasteiger charge is -2.39. The number of carboxylic acid groups (broad SMARTS) is 1. The third-order valence-corrected chi connectivity index (χ3v) is 3.73. The molecule has 0 atom stereocenters. The molecule has 0 radical (unpaired) electrons. The average Bonchev–Trinajstić information content (AvgIpc) is 2.41. The van der Waals surface area contributed by atoms with Crippen molar-refractivity contribution in [1.29, 1.82) is 0 Å². The SMILES string of the molecule is CC(=O)N1CC(C)(C)Oc2ccc(CCCCC(=O)O)cc21. The van der Waals surface area contributed by atoms with E-state index in [9.17, 15) is 9.59 Å². The van der Waals surface area contributed by atoms with Gasteiger partial charge in [0.15, 0.2) is 0 Å². The van der Waals surface area contributed by atoms with E-state index in [1.165, 1.54) is 0 Å². The Morgan fingerprint density at radius 3 is 2.68 bits per heavy atom. The van der Waals surface area contributed by atoms with Crippen LogP contribution in [0.3, 0.4) is 0 Å². The molecular weight excluding hydrogens is 282 g/mol. The Bertz CT molecular complexity index is 580. The smallest absolute Gasteiger partial charge is 0.303 e. The number of hydrogen-bond donors (Lipinski definition) is 1. The van der Waals surface area contributed by atoms with Gasteiger partial charge < -0.3 is 14.7 Å². The maximum absolute atomic E-state index is 11.9. The Labute approximate surface area is 130 Å². The second kappa shape index (κ2) is 6.38. The number of anilines is 1. The number of carbonyl (C=O) groups excluding carboxylic acids is 1. The molecule has 0 aromatic heterocycles. The lowest BCUT2D eigenvalue weighted by molar-refractivity contribution is -0.137. The normalized spacial score (nSPS) is 15.9. The number of hydrogen-bond acceptors (Lipinski definition) is 3. The zero-order chi connectivity index (χ0) is 16.3. The van der Waals surface area contributed by atoms with Crippen molar-refractivity contribution in [3.63, 3.8) is 0 Å². The van der Waals surface area contributed by atoms with Gasteiger partial charge in [0.2, 0.25) is 5.91 Å². The molecule has 1 heterocycles. The largest absolute Gasteiger partial charge is 0.484 e. The number of aryl methyl sites for hydroxylation is 1. The Balaban J connectivity index is 2.13. The number of nitrogens with zero attached hydrogens (tertiary/aromatic N) is 1. The number of carbonyl (C=O) groups is 2. The number of rotatable bonds is 5. The van der Waals surface area contributed by atoms with Gasteiger partial charge in [-0.05, 0) is 50.8 Å². The van der Waals surface area contributed by atoms with E-state index in [4.69, 9.17) is 9.84 Å². The van der Waals surface area contributed by atoms with Crippen LogP contribution in [0.2, 0.25) is 0 Å². The summed E-state index contributed by atoms with van der Waals surface area (Å²) >= 11 is 0. The first-order valence-electron chi connectivity index (χ1n) is 7.60. The van der Waals surface area contributed by atoms with Crippen molar-refractivity contribution in [2.75, 3.05) is 11.4 Å². The second-order valence-electron chi connectivity index (χ2n) is 6.37. The first kappa shape index (κ1) is 16.3. The predicted octanol–water partition coefficient (Wildman–Crippen LogP) is 3.01. The van der Waals surface area contributed by atoms with Gasteiger partial charge in [-0.15, -0.1) is 0 Å². The highest BCUT2D eigenvalue weighted by atomic mass is 16.5. The molecule has 0 saturated carbocycles. The molecule has 2 rings (SSSR count). The first-order chi connectivity index (χ1) is 10.3. The topological polar surface area (TPSA) is 66.8 Å². The van der Waals surface area contributed by atoms with E-state index >= 15 is 0 Å². The van der Waals surface area contributed by atoms with Gasteiger partial charge in [-0.2, -0.15) is 0 Å². The highest BCUT2D eigenvalue weighted by molar-refractivity contribution is 5.94. The van der Waals surface area contributed by atoms with E-state index in [-0.39, 0.29) is 12.3 Å². The molecular formula is C17H23NO4. The lowest BCUT2D eigenvalue weighted by atomic mass is 10.0. The van der Waals surface area contributed by atoms with Gasteiger partial charge in [-0.1, -0.05) is 6.07 Å². The number of unbranched alkanes of at least 4 members (excludes halogenated alkanes) is 1. The Kier molecular flexibility index (Phi) is 4.74. The van der Waals surface area contributed by atoms with Gasteiger partial charge in [0.1, 0.15) is 11.4 Å². The second-order valence-corrected chi connectivity index (χ2v) is 6.37. The summed E-state index contributed by atoms with van der Waals surface area (Å²) in [6, 6.07) is 5.87. The standard InChI is InChI=1S/C17H23NO4/c1-12(19)18-11-17(2,3)22-15-9-8-13(10-14(15)18)6-4-5-7-16(20)21/h8-10H,4-7,11H2,1-3H3,(H,20,21). The summed E-state index contributed by atoms with van der Waals surface area (Å²) in [4.78, 5) is 24.2. The average molecular weight is 305 g/mol. The maximum atomic E-state index is 11.9. The molecule has 1 N–H and O–H groups in total. The van der Waals surface area contributed by atoms with E-state index in [1.807, 2.05) is 32.0 Å². The Morgan fingerprint density at radius 2 is 2.05 bits per heavy atom. The molecule has 1 aliphatic rings. The van der Waals surface area contributed by atoms with Crippen LogP contribution >= 0.6 is 0 Å². The van der Waals surface area contributed by atoms with Crippen LogP contribution in [0.1, 0.15) is 45.6 Å². The van der Waals surface area contributed by atoms with Crippen LogP contribution in [0.5, 0.6) is 5.75 Å². The van der Waals surface area contributed by atoms with Crippen LogP contribution in [-0.2, 0) is 16.0 Å². The van der Waals surface area contributed by atoms with E-state index < -0.39 is 11.6 Å². The number of aliphatic carboxylic acids is 1. The third kappa shape index (κ3) is 4.00. The highest BCUT2D eigenvalue weighted by Crippen LogP contribution is 2.37. The summed E-state index contributed by atoms with van der Waals surface area (Å²) in [5.74, 6) is -0.0368. The molecule has 5 nitrogen and oxygen atoms in total. The van der Waals surface area contributed by atoms with Crippen LogP contribution in [0.15, 0.2) is 18.2 Å². The molecule has 1 aliphatic heterocycles. The van der Waals surface area contributed by atoms with E-state index in [0.717, 1.165) is 29.8 Å². The fourth-order valence-electron chi connectivity index (χ4n) is 2.70. The van der Waals surface area contributed by atoms with Crippen molar-refractivity contribution in [3.8, 4) is 5.75 Å². The summed E-state index contributed by atoms with van der Waals surface area (Å²) in [5, 5.41) is 8.65. The minimum absolute atomic E-state index is 0.000604. The molecule has 0 spiro atoms. The molecule has 0 unspecified atom stereocenters. The summed E-state index contributed by atoms with van der Waals surface area (Å²) in [6.45, 7) is 6.01. The number of benzene rings is 1. The van der Waals surface area contributed by atoms with Crippen molar-refractivity contribution >= 4 is 17.6 Å². The van der Waals surface area contributed by atoms with Gasteiger partial charge in [0, 0.05) is 13.3 Å². The Morgan fingerprint density at radius 1 is 1.32 bits per heavy atom. The lowest BCUT2D eigenvalue weighted by Crippen LogP contribution is -2.48. The molecule has 0 aliphatic carbocycles. The van der Waals surface area contributed by atoms with Crippen molar-refractivity contribution in [2.45, 2.75) is 52.1 Å². The van der Waals surface area contributed by atoms with Crippen LogP contribution in [0.4, 0.5) is 5.69 Å². The summed E-state index contributed by atoms with van der Waals surface area (Å²) in [5.41, 5.74) is 1.50. The summed E-state index contributed by atoms with van der Waals surface area (Å²) in [6.07, 6.45) is 2.47. The van der Waals surface area contributed by atoms with Gasteiger partial charge in [-0.3, -0.25) is 9.59 Å². The number of amides is 1. The van der Waals surface area contributed by atoms with Crippen molar-refractivity contribution < 1.29 is 19.4 Å². The minimum atomic E-state index is -0.760. The summed E-state index contributed by atoms with van der Waals surface area (Å²) in [7, 11) is 0. The predicted molar refractivity (Wildman–Crippen MR) is 84.4 cm³/mol. The zero-order valence-corrected chi connectivity index (χ0v) is 13.4. The van der Waals surface area contributed by atoms with E-state index in [1.54, 1.807) is 11.8 Å².